The molecule has 0 unspecified atom stereocenters. The van der Waals surface area contributed by atoms with Crippen LogP contribution in [0.3, 0.4) is 0 Å². The van der Waals surface area contributed by atoms with E-state index in [0.717, 1.165) is 37.4 Å². The molecule has 0 spiro atoms. The molecule has 36 heavy (non-hydrogen) atoms. The molecule has 4 rings (SSSR count). The number of amides is 2. The second-order valence-electron chi connectivity index (χ2n) is 8.96. The van der Waals surface area contributed by atoms with E-state index in [9.17, 15) is 9.59 Å². The van der Waals surface area contributed by atoms with Crippen LogP contribution in [0.1, 0.15) is 30.1 Å². The van der Waals surface area contributed by atoms with Crippen LogP contribution in [0, 0.1) is 5.92 Å². The molecule has 0 aromatic heterocycles. The van der Waals surface area contributed by atoms with Gasteiger partial charge in [0.15, 0.2) is 0 Å². The Morgan fingerprint density at radius 2 is 1.61 bits per heavy atom. The van der Waals surface area contributed by atoms with Crippen LogP contribution in [0.2, 0.25) is 0 Å². The van der Waals surface area contributed by atoms with Crippen molar-refractivity contribution < 1.29 is 19.1 Å². The van der Waals surface area contributed by atoms with Crippen LogP contribution >= 0.6 is 0 Å². The van der Waals surface area contributed by atoms with Crippen molar-refractivity contribution >= 4 is 23.2 Å². The second kappa shape index (κ2) is 12.6. The predicted octanol–water partition coefficient (Wildman–Crippen LogP) is 5.07. The minimum Gasteiger partial charge on any atom is -0.490 e. The van der Waals surface area contributed by atoms with Crippen LogP contribution in [-0.4, -0.2) is 49.6 Å². The van der Waals surface area contributed by atoms with Gasteiger partial charge in [-0.2, -0.15) is 0 Å². The third kappa shape index (κ3) is 7.25. The average molecular weight is 488 g/mol. The maximum absolute atomic E-state index is 12.9. The number of nitrogens with zero attached hydrogens (tertiary/aromatic N) is 1. The summed E-state index contributed by atoms with van der Waals surface area (Å²) in [5.41, 5.74) is 1.91. The van der Waals surface area contributed by atoms with E-state index in [1.165, 1.54) is 0 Å². The van der Waals surface area contributed by atoms with Crippen molar-refractivity contribution in [2.75, 3.05) is 43.5 Å². The van der Waals surface area contributed by atoms with Gasteiger partial charge in [-0.3, -0.25) is 9.59 Å². The van der Waals surface area contributed by atoms with Gasteiger partial charge < -0.3 is 25.0 Å². The molecule has 0 saturated carbocycles. The topological polar surface area (TPSA) is 79.9 Å². The standard InChI is InChI=1S/C29H33N3O4/c1-22-14-16-32(17-15-22)29(34)23-8-7-9-24(20-23)31-28(33)21-30-26-12-5-6-13-27(26)36-19-18-35-25-10-3-2-4-11-25/h2-13,20,22,30H,14-19,21H2,1H3,(H,31,33). The van der Waals surface area contributed by atoms with Crippen molar-refractivity contribution in [3.8, 4) is 11.5 Å². The number of hydrogen-bond acceptors (Lipinski definition) is 5. The average Bonchev–Trinajstić information content (AvgIpc) is 2.91. The highest BCUT2D eigenvalue weighted by Gasteiger charge is 2.21. The van der Waals surface area contributed by atoms with Gasteiger partial charge in [-0.05, 0) is 61.2 Å². The summed E-state index contributed by atoms with van der Waals surface area (Å²) in [7, 11) is 0. The Kier molecular flexibility index (Phi) is 8.81. The number of piperidine rings is 1. The Morgan fingerprint density at radius 1 is 0.889 bits per heavy atom. The lowest BCUT2D eigenvalue weighted by Gasteiger charge is -2.30. The number of para-hydroxylation sites is 3. The smallest absolute Gasteiger partial charge is 0.253 e. The molecule has 3 aromatic rings. The van der Waals surface area contributed by atoms with Crippen molar-refractivity contribution in [2.45, 2.75) is 19.8 Å². The SMILES string of the molecule is CC1CCN(C(=O)c2cccc(NC(=O)CNc3ccccc3OCCOc3ccccc3)c2)CC1. The third-order valence-electron chi connectivity index (χ3n) is 6.14. The monoisotopic (exact) mass is 487 g/mol. The lowest BCUT2D eigenvalue weighted by atomic mass is 9.98. The molecule has 7 nitrogen and oxygen atoms in total. The van der Waals surface area contributed by atoms with E-state index in [1.807, 2.05) is 59.5 Å². The third-order valence-corrected chi connectivity index (χ3v) is 6.14. The van der Waals surface area contributed by atoms with E-state index in [2.05, 4.69) is 17.6 Å². The zero-order valence-corrected chi connectivity index (χ0v) is 20.6. The van der Waals surface area contributed by atoms with Crippen LogP contribution in [0.5, 0.6) is 11.5 Å². The molecular formula is C29H33N3O4. The van der Waals surface area contributed by atoms with Gasteiger partial charge >= 0.3 is 0 Å². The molecule has 0 aliphatic carbocycles. The molecule has 1 heterocycles. The molecular weight excluding hydrogens is 454 g/mol. The van der Waals surface area contributed by atoms with Gasteiger partial charge in [-0.1, -0.05) is 43.3 Å². The van der Waals surface area contributed by atoms with Gasteiger partial charge in [-0.25, -0.2) is 0 Å². The fourth-order valence-electron chi connectivity index (χ4n) is 4.07. The number of carbonyl (C=O) groups excluding carboxylic acids is 2. The first kappa shape index (κ1) is 25.1. The van der Waals surface area contributed by atoms with Crippen molar-refractivity contribution in [2.24, 2.45) is 5.92 Å². The van der Waals surface area contributed by atoms with Gasteiger partial charge in [0.2, 0.25) is 5.91 Å². The van der Waals surface area contributed by atoms with Crippen LogP contribution in [0.4, 0.5) is 11.4 Å². The molecule has 7 heteroatoms. The minimum atomic E-state index is -0.214. The van der Waals surface area contributed by atoms with Gasteiger partial charge in [0.25, 0.3) is 5.91 Å². The van der Waals surface area contributed by atoms with Crippen molar-refractivity contribution in [3.05, 3.63) is 84.4 Å². The molecule has 1 aliphatic rings. The summed E-state index contributed by atoms with van der Waals surface area (Å²) < 4.78 is 11.5. The first-order valence-electron chi connectivity index (χ1n) is 12.4. The van der Waals surface area contributed by atoms with E-state index in [0.29, 0.717) is 36.1 Å². The molecule has 188 valence electrons. The number of hydrogen-bond donors (Lipinski definition) is 2. The van der Waals surface area contributed by atoms with Crippen molar-refractivity contribution in [1.29, 1.82) is 0 Å². The van der Waals surface area contributed by atoms with Crippen molar-refractivity contribution in [3.63, 3.8) is 0 Å². The van der Waals surface area contributed by atoms with Crippen LogP contribution in [0.15, 0.2) is 78.9 Å². The summed E-state index contributed by atoms with van der Waals surface area (Å²) in [4.78, 5) is 27.4. The van der Waals surface area contributed by atoms with E-state index in [1.54, 1.807) is 24.3 Å². The molecule has 0 radical (unpaired) electrons. The van der Waals surface area contributed by atoms with Crippen LogP contribution in [-0.2, 0) is 4.79 Å². The Bertz CT molecular complexity index is 1140. The minimum absolute atomic E-state index is 0.0124. The van der Waals surface area contributed by atoms with Crippen LogP contribution in [0.25, 0.3) is 0 Å². The first-order valence-corrected chi connectivity index (χ1v) is 12.4. The predicted molar refractivity (Wildman–Crippen MR) is 142 cm³/mol. The summed E-state index contributed by atoms with van der Waals surface area (Å²) in [5.74, 6) is 1.89. The Labute approximate surface area is 212 Å². The first-order chi connectivity index (χ1) is 17.6. The van der Waals surface area contributed by atoms with E-state index in [-0.39, 0.29) is 18.4 Å². The number of benzene rings is 3. The van der Waals surface area contributed by atoms with Crippen molar-refractivity contribution in [1.82, 2.24) is 4.90 Å². The number of nitrogens with one attached hydrogen (secondary N) is 2. The fraction of sp³-hybridized carbons (Fsp3) is 0.310. The molecule has 1 saturated heterocycles. The summed E-state index contributed by atoms with van der Waals surface area (Å²) >= 11 is 0. The molecule has 2 N–H and O–H groups in total. The van der Waals surface area contributed by atoms with E-state index >= 15 is 0 Å². The van der Waals surface area contributed by atoms with Gasteiger partial charge in [0.1, 0.15) is 24.7 Å². The number of rotatable bonds is 10. The molecule has 1 fully saturated rings. The summed E-state index contributed by atoms with van der Waals surface area (Å²) in [6.45, 7) is 4.61. The Balaban J connectivity index is 1.26. The molecule has 1 aliphatic heterocycles. The highest BCUT2D eigenvalue weighted by atomic mass is 16.5. The zero-order valence-electron chi connectivity index (χ0n) is 20.6. The molecule has 2 amide bonds. The summed E-state index contributed by atoms with van der Waals surface area (Å²) in [5, 5.41) is 6.01. The maximum Gasteiger partial charge on any atom is 0.253 e. The number of likely N-dealkylation sites (tertiary alicyclic amines) is 1. The Morgan fingerprint density at radius 3 is 2.42 bits per heavy atom. The summed E-state index contributed by atoms with van der Waals surface area (Å²) in [6, 6.07) is 24.2. The molecule has 0 bridgehead atoms. The number of ether oxygens (including phenoxy) is 2. The normalized spacial score (nSPS) is 13.6. The van der Waals surface area contributed by atoms with Gasteiger partial charge in [0, 0.05) is 24.3 Å². The second-order valence-corrected chi connectivity index (χ2v) is 8.96. The lowest BCUT2D eigenvalue weighted by Crippen LogP contribution is -2.37. The number of anilines is 2. The Hall–Kier alpha value is -4.00. The van der Waals surface area contributed by atoms with E-state index in [4.69, 9.17) is 9.47 Å². The quantitative estimate of drug-likeness (QED) is 0.391. The number of carbonyl (C=O) groups is 2. The van der Waals surface area contributed by atoms with E-state index < -0.39 is 0 Å². The van der Waals surface area contributed by atoms with Gasteiger partial charge in [0.05, 0.1) is 12.2 Å². The van der Waals surface area contributed by atoms with Gasteiger partial charge in [-0.15, -0.1) is 0 Å². The lowest BCUT2D eigenvalue weighted by molar-refractivity contribution is -0.114. The molecule has 0 atom stereocenters. The maximum atomic E-state index is 12.9. The molecule has 3 aromatic carbocycles. The summed E-state index contributed by atoms with van der Waals surface area (Å²) in [6.07, 6.45) is 2.05. The fourth-order valence-corrected chi connectivity index (χ4v) is 4.07. The van der Waals surface area contributed by atoms with Crippen LogP contribution < -0.4 is 20.1 Å². The largest absolute Gasteiger partial charge is 0.490 e. The zero-order chi connectivity index (χ0) is 25.2. The highest BCUT2D eigenvalue weighted by Crippen LogP contribution is 2.24. The highest BCUT2D eigenvalue weighted by molar-refractivity contribution is 5.98.